The van der Waals surface area contributed by atoms with Gasteiger partial charge in [0.05, 0.1) is 6.42 Å². The van der Waals surface area contributed by atoms with Crippen LogP contribution in [0.3, 0.4) is 0 Å². The number of nitrogens with two attached hydrogens (primary N) is 1. The quantitative estimate of drug-likeness (QED) is 0.704. The van der Waals surface area contributed by atoms with Crippen LogP contribution in [0, 0.1) is 5.41 Å². The number of rotatable bonds is 3. The molecule has 0 heterocycles. The van der Waals surface area contributed by atoms with Crippen molar-refractivity contribution in [1.29, 1.82) is 0 Å². The number of carbonyl (C=O) groups is 1. The Labute approximate surface area is 79.3 Å². The Kier molecular flexibility index (Phi) is 2.66. The van der Waals surface area contributed by atoms with E-state index in [0.717, 1.165) is 25.7 Å². The molecule has 76 valence electrons. The lowest BCUT2D eigenvalue weighted by atomic mass is 9.68. The minimum absolute atomic E-state index is 0.168. The lowest BCUT2D eigenvalue weighted by Gasteiger charge is -2.40. The molecule has 0 aliphatic heterocycles. The molecule has 0 spiro atoms. The van der Waals surface area contributed by atoms with Crippen LogP contribution < -0.4 is 5.73 Å². The molecule has 0 amide bonds. The van der Waals surface area contributed by atoms with Gasteiger partial charge in [0.1, 0.15) is 0 Å². The molecule has 1 rings (SSSR count). The van der Waals surface area contributed by atoms with Gasteiger partial charge in [0.2, 0.25) is 0 Å². The molecule has 3 N–H and O–H groups in total. The highest BCUT2D eigenvalue weighted by molar-refractivity contribution is 5.68. The zero-order valence-electron chi connectivity index (χ0n) is 8.47. The molecule has 3 nitrogen and oxygen atoms in total. The number of hydrogen-bond acceptors (Lipinski definition) is 2. The maximum atomic E-state index is 10.8. The van der Waals surface area contributed by atoms with E-state index >= 15 is 0 Å². The summed E-state index contributed by atoms with van der Waals surface area (Å²) in [6.45, 7) is 3.89. The van der Waals surface area contributed by atoms with Gasteiger partial charge in [0.25, 0.3) is 0 Å². The zero-order valence-corrected chi connectivity index (χ0v) is 8.47. The second kappa shape index (κ2) is 3.29. The minimum Gasteiger partial charge on any atom is -0.481 e. The fourth-order valence-corrected chi connectivity index (χ4v) is 2.39. The SMILES string of the molecule is CC(C)(N)C1(CC(=O)O)CCCC1. The highest BCUT2D eigenvalue weighted by Gasteiger charge is 2.45. The molecule has 0 saturated heterocycles. The summed E-state index contributed by atoms with van der Waals surface area (Å²) in [7, 11) is 0. The van der Waals surface area contributed by atoms with E-state index in [-0.39, 0.29) is 17.4 Å². The molecular formula is C10H19NO2. The van der Waals surface area contributed by atoms with Gasteiger partial charge in [0, 0.05) is 5.54 Å². The molecule has 0 aromatic rings. The predicted octanol–water partition coefficient (Wildman–Crippen LogP) is 1.76. The van der Waals surface area contributed by atoms with E-state index in [2.05, 4.69) is 0 Å². The maximum Gasteiger partial charge on any atom is 0.303 e. The van der Waals surface area contributed by atoms with E-state index in [1.54, 1.807) is 0 Å². The molecule has 1 fully saturated rings. The molecule has 13 heavy (non-hydrogen) atoms. The highest BCUT2D eigenvalue weighted by Crippen LogP contribution is 2.47. The van der Waals surface area contributed by atoms with Crippen LogP contribution in [-0.2, 0) is 4.79 Å². The molecule has 0 aromatic heterocycles. The largest absolute Gasteiger partial charge is 0.481 e. The Morgan fingerprint density at radius 2 is 1.92 bits per heavy atom. The summed E-state index contributed by atoms with van der Waals surface area (Å²) < 4.78 is 0. The molecule has 0 radical (unpaired) electrons. The van der Waals surface area contributed by atoms with Gasteiger partial charge in [-0.15, -0.1) is 0 Å². The predicted molar refractivity (Wildman–Crippen MR) is 51.4 cm³/mol. The second-order valence-corrected chi connectivity index (χ2v) is 4.78. The van der Waals surface area contributed by atoms with E-state index in [1.807, 2.05) is 13.8 Å². The van der Waals surface area contributed by atoms with Crippen molar-refractivity contribution in [3.05, 3.63) is 0 Å². The van der Waals surface area contributed by atoms with Crippen LogP contribution in [0.15, 0.2) is 0 Å². The van der Waals surface area contributed by atoms with Crippen molar-refractivity contribution in [2.75, 3.05) is 0 Å². The average molecular weight is 185 g/mol. The first kappa shape index (κ1) is 10.5. The summed E-state index contributed by atoms with van der Waals surface area (Å²) >= 11 is 0. The van der Waals surface area contributed by atoms with Gasteiger partial charge in [-0.2, -0.15) is 0 Å². The van der Waals surface area contributed by atoms with Crippen molar-refractivity contribution in [3.63, 3.8) is 0 Å². The lowest BCUT2D eigenvalue weighted by Crippen LogP contribution is -2.50. The summed E-state index contributed by atoms with van der Waals surface area (Å²) in [5.41, 5.74) is 5.52. The second-order valence-electron chi connectivity index (χ2n) is 4.78. The molecule has 3 heteroatoms. The number of hydrogen-bond donors (Lipinski definition) is 2. The normalized spacial score (nSPS) is 21.8. The molecule has 1 aliphatic carbocycles. The Bertz CT molecular complexity index is 199. The van der Waals surface area contributed by atoms with Gasteiger partial charge in [0.15, 0.2) is 0 Å². The third-order valence-electron chi connectivity index (χ3n) is 3.42. The van der Waals surface area contributed by atoms with E-state index in [4.69, 9.17) is 10.8 Å². The Hall–Kier alpha value is -0.570. The number of carboxylic acids is 1. The summed E-state index contributed by atoms with van der Waals surface area (Å²) in [5.74, 6) is -0.722. The maximum absolute atomic E-state index is 10.8. The van der Waals surface area contributed by atoms with E-state index in [0.29, 0.717) is 0 Å². The van der Waals surface area contributed by atoms with Gasteiger partial charge in [-0.05, 0) is 32.1 Å². The van der Waals surface area contributed by atoms with Crippen molar-refractivity contribution in [1.82, 2.24) is 0 Å². The van der Waals surface area contributed by atoms with E-state index in [9.17, 15) is 4.79 Å². The standard InChI is InChI=1S/C10H19NO2/c1-9(2,11)10(7-8(12)13)5-3-4-6-10/h3-7,11H2,1-2H3,(H,12,13). The number of carboxylic acid groups (broad SMARTS) is 1. The smallest absolute Gasteiger partial charge is 0.303 e. The first-order valence-corrected chi connectivity index (χ1v) is 4.88. The lowest BCUT2D eigenvalue weighted by molar-refractivity contribution is -0.140. The fraction of sp³-hybridized carbons (Fsp3) is 0.900. The number of aliphatic carboxylic acids is 1. The molecule has 0 unspecified atom stereocenters. The van der Waals surface area contributed by atoms with Crippen LogP contribution in [-0.4, -0.2) is 16.6 Å². The molecule has 0 aromatic carbocycles. The third kappa shape index (κ3) is 2.02. The minimum atomic E-state index is -0.722. The molecule has 0 bridgehead atoms. The van der Waals surface area contributed by atoms with Gasteiger partial charge in [-0.1, -0.05) is 12.8 Å². The van der Waals surface area contributed by atoms with Gasteiger partial charge in [-0.3, -0.25) is 4.79 Å². The first-order valence-electron chi connectivity index (χ1n) is 4.88. The van der Waals surface area contributed by atoms with Crippen LogP contribution in [0.1, 0.15) is 46.0 Å². The van der Waals surface area contributed by atoms with Crippen LogP contribution in [0.4, 0.5) is 0 Å². The van der Waals surface area contributed by atoms with Crippen LogP contribution in [0.25, 0.3) is 0 Å². The van der Waals surface area contributed by atoms with Gasteiger partial charge >= 0.3 is 5.97 Å². The van der Waals surface area contributed by atoms with E-state index < -0.39 is 5.97 Å². The molecular weight excluding hydrogens is 166 g/mol. The Morgan fingerprint density at radius 1 is 1.46 bits per heavy atom. The van der Waals surface area contributed by atoms with Crippen molar-refractivity contribution in [3.8, 4) is 0 Å². The van der Waals surface area contributed by atoms with Crippen LogP contribution in [0.2, 0.25) is 0 Å². The third-order valence-corrected chi connectivity index (χ3v) is 3.42. The molecule has 1 saturated carbocycles. The summed E-state index contributed by atoms with van der Waals surface area (Å²) in [6, 6.07) is 0. The van der Waals surface area contributed by atoms with E-state index in [1.165, 1.54) is 0 Å². The van der Waals surface area contributed by atoms with Crippen molar-refractivity contribution in [2.24, 2.45) is 11.1 Å². The fourth-order valence-electron chi connectivity index (χ4n) is 2.39. The average Bonchev–Trinajstić information content (AvgIpc) is 2.33. The van der Waals surface area contributed by atoms with Gasteiger partial charge in [-0.25, -0.2) is 0 Å². The zero-order chi connectivity index (χ0) is 10.1. The first-order chi connectivity index (χ1) is 5.87. The topological polar surface area (TPSA) is 63.3 Å². The summed E-state index contributed by atoms with van der Waals surface area (Å²) in [4.78, 5) is 10.8. The Morgan fingerprint density at radius 3 is 2.23 bits per heavy atom. The monoisotopic (exact) mass is 185 g/mol. The Balaban J connectivity index is 2.81. The van der Waals surface area contributed by atoms with Crippen molar-refractivity contribution < 1.29 is 9.90 Å². The molecule has 1 aliphatic rings. The van der Waals surface area contributed by atoms with Crippen molar-refractivity contribution >= 4 is 5.97 Å². The highest BCUT2D eigenvalue weighted by atomic mass is 16.4. The summed E-state index contributed by atoms with van der Waals surface area (Å²) in [6.07, 6.45) is 4.38. The summed E-state index contributed by atoms with van der Waals surface area (Å²) in [5, 5.41) is 8.85. The van der Waals surface area contributed by atoms with Crippen LogP contribution in [0.5, 0.6) is 0 Å². The van der Waals surface area contributed by atoms with Crippen LogP contribution >= 0.6 is 0 Å². The molecule has 0 atom stereocenters. The van der Waals surface area contributed by atoms with Gasteiger partial charge < -0.3 is 10.8 Å². The van der Waals surface area contributed by atoms with Crippen molar-refractivity contribution in [2.45, 2.75) is 51.5 Å².